The minimum absolute atomic E-state index is 0.118. The average Bonchev–Trinajstić information content (AvgIpc) is 3.21. The highest BCUT2D eigenvalue weighted by atomic mass is 16.5. The van der Waals surface area contributed by atoms with Crippen molar-refractivity contribution in [3.8, 4) is 17.2 Å². The van der Waals surface area contributed by atoms with Gasteiger partial charge in [-0.1, -0.05) is 117 Å². The van der Waals surface area contributed by atoms with Gasteiger partial charge in [0.1, 0.15) is 17.2 Å². The molecule has 0 amide bonds. The van der Waals surface area contributed by atoms with Gasteiger partial charge in [0.25, 0.3) is 0 Å². The van der Waals surface area contributed by atoms with Crippen LogP contribution in [-0.2, 0) is 0 Å². The Morgan fingerprint density at radius 3 is 1.20 bits per heavy atom. The number of carbonyl (C=O) groups excluding carboxylic acids is 2. The number of allylic oxidation sites excluding steroid dienone is 2. The van der Waals surface area contributed by atoms with Gasteiger partial charge in [0.05, 0.1) is 31.2 Å². The number of nitrogens with one attached hydrogen (secondary N) is 2. The Morgan fingerprint density at radius 2 is 0.782 bits per heavy atom. The highest BCUT2D eigenvalue weighted by Crippen LogP contribution is 2.28. The maximum Gasteiger partial charge on any atom is 0.187 e. The molecule has 300 valence electrons. The van der Waals surface area contributed by atoms with Crippen LogP contribution in [0.5, 0.6) is 17.2 Å². The van der Waals surface area contributed by atoms with E-state index in [-0.39, 0.29) is 11.6 Å². The van der Waals surface area contributed by atoms with Crippen molar-refractivity contribution < 1.29 is 23.8 Å². The van der Waals surface area contributed by atoms with Gasteiger partial charge in [-0.15, -0.1) is 0 Å². The van der Waals surface area contributed by atoms with Gasteiger partial charge < -0.3 is 24.8 Å². The second-order valence-corrected chi connectivity index (χ2v) is 14.3. The highest BCUT2D eigenvalue weighted by Gasteiger charge is 2.07. The molecule has 0 aliphatic rings. The summed E-state index contributed by atoms with van der Waals surface area (Å²) in [5.41, 5.74) is 2.61. The predicted molar refractivity (Wildman–Crippen MR) is 230 cm³/mol. The van der Waals surface area contributed by atoms with Crippen molar-refractivity contribution in [2.45, 2.75) is 136 Å². The first-order valence-electron chi connectivity index (χ1n) is 21.2. The monoisotopic (exact) mass is 753 g/mol. The molecule has 7 nitrogen and oxygen atoms in total. The number of hydrogen-bond acceptors (Lipinski definition) is 7. The first kappa shape index (κ1) is 44.9. The van der Waals surface area contributed by atoms with Crippen molar-refractivity contribution in [3.63, 3.8) is 0 Å². The summed E-state index contributed by atoms with van der Waals surface area (Å²) in [5, 5.41) is 6.48. The molecular weight excluding hydrogens is 685 g/mol. The molecule has 0 fully saturated rings. The first-order chi connectivity index (χ1) is 27.0. The van der Waals surface area contributed by atoms with Crippen molar-refractivity contribution in [1.82, 2.24) is 0 Å². The molecule has 3 rings (SSSR count). The van der Waals surface area contributed by atoms with E-state index >= 15 is 0 Å². The summed E-state index contributed by atoms with van der Waals surface area (Å²) in [6, 6.07) is 20.3. The Kier molecular flexibility index (Phi) is 23.5. The van der Waals surface area contributed by atoms with Crippen LogP contribution < -0.4 is 24.8 Å². The Bertz CT molecular complexity index is 1530. The maximum absolute atomic E-state index is 13.0. The smallest absolute Gasteiger partial charge is 0.187 e. The van der Waals surface area contributed by atoms with Crippen molar-refractivity contribution >= 4 is 22.9 Å². The molecular formula is C48H68N2O5. The molecule has 0 saturated carbocycles. The second-order valence-electron chi connectivity index (χ2n) is 14.3. The predicted octanol–water partition coefficient (Wildman–Crippen LogP) is 13.5. The number of carbonyl (C=O) groups is 2. The molecule has 0 bridgehead atoms. The third kappa shape index (κ3) is 19.6. The minimum atomic E-state index is -0.121. The SMILES string of the molecule is CCCCCCCCOc1ccc(C(=O)/C=C/Nc2ccc(OCCCCCCCC)cc2N/C=C/C(=O)c2ccc(OCCCCCCCC)cc2)cc1. The lowest BCUT2D eigenvalue weighted by atomic mass is 10.1. The summed E-state index contributed by atoms with van der Waals surface area (Å²) in [6.07, 6.45) is 28.1. The molecule has 0 aliphatic carbocycles. The zero-order valence-electron chi connectivity index (χ0n) is 34.1. The van der Waals surface area contributed by atoms with Crippen LogP contribution >= 0.6 is 0 Å². The van der Waals surface area contributed by atoms with E-state index in [1.54, 1.807) is 36.7 Å². The average molecular weight is 753 g/mol. The van der Waals surface area contributed by atoms with Crippen LogP contribution in [0.25, 0.3) is 0 Å². The molecule has 55 heavy (non-hydrogen) atoms. The zero-order valence-corrected chi connectivity index (χ0v) is 34.1. The Hall–Kier alpha value is -4.52. The van der Waals surface area contributed by atoms with Gasteiger partial charge >= 0.3 is 0 Å². The van der Waals surface area contributed by atoms with E-state index in [0.717, 1.165) is 48.6 Å². The summed E-state index contributed by atoms with van der Waals surface area (Å²) in [6.45, 7) is 8.70. The number of hydrogen-bond donors (Lipinski definition) is 2. The number of ether oxygens (including phenoxy) is 3. The Morgan fingerprint density at radius 1 is 0.436 bits per heavy atom. The van der Waals surface area contributed by atoms with Crippen molar-refractivity contribution in [2.75, 3.05) is 30.5 Å². The van der Waals surface area contributed by atoms with Crippen molar-refractivity contribution in [3.05, 3.63) is 102 Å². The molecule has 0 saturated heterocycles. The highest BCUT2D eigenvalue weighted by molar-refractivity contribution is 6.05. The molecule has 0 heterocycles. The molecule has 0 aromatic heterocycles. The van der Waals surface area contributed by atoms with Gasteiger partial charge in [-0.3, -0.25) is 9.59 Å². The fraction of sp³-hybridized carbons (Fsp3) is 0.500. The van der Waals surface area contributed by atoms with E-state index in [2.05, 4.69) is 31.4 Å². The van der Waals surface area contributed by atoms with Crippen LogP contribution in [0, 0.1) is 0 Å². The van der Waals surface area contributed by atoms with Crippen LogP contribution in [0.1, 0.15) is 157 Å². The lowest BCUT2D eigenvalue weighted by Gasteiger charge is -2.13. The minimum Gasteiger partial charge on any atom is -0.494 e. The maximum atomic E-state index is 13.0. The number of benzene rings is 3. The van der Waals surface area contributed by atoms with Gasteiger partial charge in [-0.25, -0.2) is 0 Å². The number of rotatable bonds is 32. The van der Waals surface area contributed by atoms with Crippen LogP contribution in [0.3, 0.4) is 0 Å². The van der Waals surface area contributed by atoms with Gasteiger partial charge in [0.2, 0.25) is 0 Å². The molecule has 3 aromatic carbocycles. The topological polar surface area (TPSA) is 85.9 Å². The molecule has 2 N–H and O–H groups in total. The second kappa shape index (κ2) is 28.9. The Balaban J connectivity index is 1.55. The summed E-state index contributed by atoms with van der Waals surface area (Å²) in [7, 11) is 0. The normalized spacial score (nSPS) is 11.3. The molecule has 0 radical (unpaired) electrons. The molecule has 7 heteroatoms. The van der Waals surface area contributed by atoms with Gasteiger partial charge in [-0.2, -0.15) is 0 Å². The summed E-state index contributed by atoms with van der Waals surface area (Å²) >= 11 is 0. The largest absolute Gasteiger partial charge is 0.494 e. The zero-order chi connectivity index (χ0) is 39.2. The van der Waals surface area contributed by atoms with E-state index < -0.39 is 0 Å². The van der Waals surface area contributed by atoms with E-state index in [1.165, 1.54) is 102 Å². The Labute approximate surface area is 332 Å². The van der Waals surface area contributed by atoms with Crippen LogP contribution in [0.2, 0.25) is 0 Å². The third-order valence-corrected chi connectivity index (χ3v) is 9.52. The summed E-state index contributed by atoms with van der Waals surface area (Å²) in [4.78, 5) is 26.0. The van der Waals surface area contributed by atoms with E-state index in [9.17, 15) is 9.59 Å². The van der Waals surface area contributed by atoms with Crippen LogP contribution in [0.4, 0.5) is 11.4 Å². The van der Waals surface area contributed by atoms with Crippen LogP contribution in [0.15, 0.2) is 91.3 Å². The van der Waals surface area contributed by atoms with Gasteiger partial charge in [0.15, 0.2) is 11.6 Å². The third-order valence-electron chi connectivity index (χ3n) is 9.52. The van der Waals surface area contributed by atoms with E-state index in [1.807, 2.05) is 42.5 Å². The number of ketones is 2. The van der Waals surface area contributed by atoms with Crippen molar-refractivity contribution in [1.29, 1.82) is 0 Å². The molecule has 0 unspecified atom stereocenters. The fourth-order valence-corrected chi connectivity index (χ4v) is 6.11. The quantitative estimate of drug-likeness (QED) is 0.0373. The molecule has 3 aromatic rings. The number of anilines is 2. The number of unbranched alkanes of at least 4 members (excludes halogenated alkanes) is 15. The molecule has 0 atom stereocenters. The summed E-state index contributed by atoms with van der Waals surface area (Å²) in [5.74, 6) is 2.05. The lowest BCUT2D eigenvalue weighted by molar-refractivity contribution is 0.103. The standard InChI is InChI=1S/C48H68N2O5/c1-4-7-10-13-16-19-36-53-42-26-22-40(23-27-42)47(51)32-34-49-45-31-30-44(55-38-21-18-15-12-9-6-3)39-46(45)50-35-33-48(52)41-24-28-43(29-25-41)54-37-20-17-14-11-8-5-2/h22-35,39,49-50H,4-21,36-38H2,1-3H3/b34-32+,35-33+. The van der Waals surface area contributed by atoms with Crippen molar-refractivity contribution in [2.24, 2.45) is 0 Å². The summed E-state index contributed by atoms with van der Waals surface area (Å²) < 4.78 is 17.8. The van der Waals surface area contributed by atoms with Gasteiger partial charge in [-0.05, 0) is 79.9 Å². The van der Waals surface area contributed by atoms with Gasteiger partial charge in [0, 0.05) is 41.7 Å². The first-order valence-corrected chi connectivity index (χ1v) is 21.2. The molecule has 0 spiro atoms. The molecule has 0 aliphatic heterocycles. The lowest BCUT2D eigenvalue weighted by Crippen LogP contribution is -2.02. The fourth-order valence-electron chi connectivity index (χ4n) is 6.11. The van der Waals surface area contributed by atoms with Crippen LogP contribution in [-0.4, -0.2) is 31.4 Å². The van der Waals surface area contributed by atoms with E-state index in [0.29, 0.717) is 36.6 Å². The van der Waals surface area contributed by atoms with E-state index in [4.69, 9.17) is 14.2 Å².